The highest BCUT2D eigenvalue weighted by atomic mass is 35.5. The van der Waals surface area contributed by atoms with Gasteiger partial charge in [-0.05, 0) is 50.0 Å². The molecule has 1 aromatic rings. The van der Waals surface area contributed by atoms with Gasteiger partial charge in [-0.25, -0.2) is 0 Å². The van der Waals surface area contributed by atoms with Crippen molar-refractivity contribution in [3.8, 4) is 0 Å². The van der Waals surface area contributed by atoms with E-state index in [2.05, 4.69) is 5.32 Å². The van der Waals surface area contributed by atoms with E-state index in [-0.39, 0.29) is 18.3 Å². The molecule has 0 radical (unpaired) electrons. The smallest absolute Gasteiger partial charge is 0.253 e. The number of nitrogens with one attached hydrogen (secondary N) is 1. The van der Waals surface area contributed by atoms with Crippen molar-refractivity contribution < 1.29 is 9.53 Å². The van der Waals surface area contributed by atoms with Gasteiger partial charge in [0, 0.05) is 25.8 Å². The second-order valence-corrected chi connectivity index (χ2v) is 5.45. The zero-order chi connectivity index (χ0) is 14.4. The van der Waals surface area contributed by atoms with Gasteiger partial charge in [0.25, 0.3) is 5.91 Å². The van der Waals surface area contributed by atoms with Crippen LogP contribution in [0.4, 0.5) is 0 Å². The highest BCUT2D eigenvalue weighted by Gasteiger charge is 2.24. The first-order valence-corrected chi connectivity index (χ1v) is 7.26. The van der Waals surface area contributed by atoms with Crippen LogP contribution in [0.1, 0.15) is 28.8 Å². The fourth-order valence-corrected chi connectivity index (χ4v) is 2.85. The minimum atomic E-state index is 0. The van der Waals surface area contributed by atoms with Gasteiger partial charge >= 0.3 is 0 Å². The first kappa shape index (κ1) is 18.0. The van der Waals surface area contributed by atoms with Crippen molar-refractivity contribution >= 4 is 18.3 Å². The fraction of sp³-hybridized carbons (Fsp3) is 0.562. The number of nitrogens with zero attached hydrogens (tertiary/aromatic N) is 1. The highest BCUT2D eigenvalue weighted by molar-refractivity contribution is 5.94. The maximum Gasteiger partial charge on any atom is 0.253 e. The molecule has 118 valence electrons. The van der Waals surface area contributed by atoms with E-state index in [9.17, 15) is 4.79 Å². The second-order valence-electron chi connectivity index (χ2n) is 5.45. The molecule has 5 heteroatoms. The van der Waals surface area contributed by atoms with Crippen LogP contribution in [0.2, 0.25) is 0 Å². The lowest BCUT2D eigenvalue weighted by molar-refractivity contribution is 0.0674. The van der Waals surface area contributed by atoms with Gasteiger partial charge in [0.05, 0.1) is 6.61 Å². The first-order chi connectivity index (χ1) is 9.74. The van der Waals surface area contributed by atoms with Crippen LogP contribution in [0.15, 0.2) is 24.3 Å². The number of rotatable bonds is 5. The molecule has 1 aliphatic rings. The zero-order valence-electron chi connectivity index (χ0n) is 12.8. The van der Waals surface area contributed by atoms with Crippen LogP contribution in [0, 0.1) is 5.92 Å². The van der Waals surface area contributed by atoms with E-state index in [1.807, 2.05) is 36.2 Å². The standard InChI is InChI=1S/C16H24N2O2.ClH/c1-17-10-14-6-4-8-18(11-14)16(19)15-7-3-5-13(9-15)12-20-2;/h3,5,7,9,14,17H,4,6,8,10-12H2,1-2H3;1H. The topological polar surface area (TPSA) is 41.6 Å². The largest absolute Gasteiger partial charge is 0.380 e. The number of hydrogen-bond donors (Lipinski definition) is 1. The molecule has 0 saturated carbocycles. The molecule has 1 N–H and O–H groups in total. The molecule has 1 amide bonds. The van der Waals surface area contributed by atoms with Crippen molar-refractivity contribution in [1.82, 2.24) is 10.2 Å². The molecule has 1 aliphatic heterocycles. The minimum Gasteiger partial charge on any atom is -0.380 e. The van der Waals surface area contributed by atoms with Crippen molar-refractivity contribution in [1.29, 1.82) is 0 Å². The van der Waals surface area contributed by atoms with Crippen LogP contribution in [0.25, 0.3) is 0 Å². The molecule has 2 rings (SSSR count). The maximum atomic E-state index is 12.6. The van der Waals surface area contributed by atoms with Gasteiger partial charge in [-0.15, -0.1) is 12.4 Å². The summed E-state index contributed by atoms with van der Waals surface area (Å²) in [5.74, 6) is 0.712. The summed E-state index contributed by atoms with van der Waals surface area (Å²) in [6.07, 6.45) is 2.30. The van der Waals surface area contributed by atoms with Gasteiger partial charge in [0.2, 0.25) is 0 Å². The Morgan fingerprint density at radius 3 is 3.00 bits per heavy atom. The SMILES string of the molecule is CNCC1CCCN(C(=O)c2cccc(COC)c2)C1.Cl. The molecule has 1 unspecified atom stereocenters. The zero-order valence-corrected chi connectivity index (χ0v) is 13.6. The Kier molecular flexibility index (Phi) is 7.72. The molecule has 4 nitrogen and oxygen atoms in total. The summed E-state index contributed by atoms with van der Waals surface area (Å²) in [6.45, 7) is 3.25. The number of hydrogen-bond acceptors (Lipinski definition) is 3. The fourth-order valence-electron chi connectivity index (χ4n) is 2.85. The van der Waals surface area contributed by atoms with Crippen LogP contribution in [-0.4, -0.2) is 44.6 Å². The number of likely N-dealkylation sites (tertiary alicyclic amines) is 1. The van der Waals surface area contributed by atoms with Crippen LogP contribution in [0.3, 0.4) is 0 Å². The molecule has 1 heterocycles. The number of piperidine rings is 1. The average Bonchev–Trinajstić information content (AvgIpc) is 2.48. The van der Waals surface area contributed by atoms with E-state index in [1.165, 1.54) is 6.42 Å². The normalized spacial score (nSPS) is 18.2. The van der Waals surface area contributed by atoms with Crippen LogP contribution in [-0.2, 0) is 11.3 Å². The Hall–Kier alpha value is -1.10. The van der Waals surface area contributed by atoms with E-state index >= 15 is 0 Å². The first-order valence-electron chi connectivity index (χ1n) is 7.26. The summed E-state index contributed by atoms with van der Waals surface area (Å²) in [5.41, 5.74) is 1.81. The monoisotopic (exact) mass is 312 g/mol. The van der Waals surface area contributed by atoms with Crippen molar-refractivity contribution in [3.63, 3.8) is 0 Å². The summed E-state index contributed by atoms with van der Waals surface area (Å²) in [6, 6.07) is 7.74. The summed E-state index contributed by atoms with van der Waals surface area (Å²) >= 11 is 0. The summed E-state index contributed by atoms with van der Waals surface area (Å²) in [7, 11) is 3.64. The predicted octanol–water partition coefficient (Wildman–Crippen LogP) is 2.33. The Balaban J connectivity index is 0.00000220. The average molecular weight is 313 g/mol. The third-order valence-corrected chi connectivity index (χ3v) is 3.78. The molecule has 0 bridgehead atoms. The third kappa shape index (κ3) is 4.99. The number of carbonyl (C=O) groups is 1. The molecule has 1 saturated heterocycles. The van der Waals surface area contributed by atoms with E-state index in [1.54, 1.807) is 7.11 Å². The number of methoxy groups -OCH3 is 1. The molecular weight excluding hydrogens is 288 g/mol. The predicted molar refractivity (Wildman–Crippen MR) is 87.0 cm³/mol. The van der Waals surface area contributed by atoms with Crippen molar-refractivity contribution in [3.05, 3.63) is 35.4 Å². The molecule has 0 aromatic heterocycles. The molecule has 0 spiro atoms. The summed E-state index contributed by atoms with van der Waals surface area (Å²) < 4.78 is 5.12. The Morgan fingerprint density at radius 2 is 2.29 bits per heavy atom. The van der Waals surface area contributed by atoms with Crippen LogP contribution < -0.4 is 5.32 Å². The lowest BCUT2D eigenvalue weighted by atomic mass is 9.97. The summed E-state index contributed by atoms with van der Waals surface area (Å²) in [4.78, 5) is 14.6. The van der Waals surface area contributed by atoms with E-state index in [4.69, 9.17) is 4.74 Å². The highest BCUT2D eigenvalue weighted by Crippen LogP contribution is 2.18. The molecule has 1 atom stereocenters. The number of benzene rings is 1. The quantitative estimate of drug-likeness (QED) is 0.907. The Bertz CT molecular complexity index is 452. The molecule has 0 aliphatic carbocycles. The Morgan fingerprint density at radius 1 is 1.48 bits per heavy atom. The van der Waals surface area contributed by atoms with Crippen LogP contribution in [0.5, 0.6) is 0 Å². The number of ether oxygens (including phenoxy) is 1. The number of amides is 1. The lowest BCUT2D eigenvalue weighted by Gasteiger charge is -2.32. The minimum absolute atomic E-state index is 0. The van der Waals surface area contributed by atoms with Crippen LogP contribution >= 0.6 is 12.4 Å². The maximum absolute atomic E-state index is 12.6. The van der Waals surface area contributed by atoms with Gasteiger partial charge in [0.15, 0.2) is 0 Å². The van der Waals surface area contributed by atoms with E-state index in [0.717, 1.165) is 37.2 Å². The van der Waals surface area contributed by atoms with Gasteiger partial charge < -0.3 is 15.0 Å². The van der Waals surface area contributed by atoms with Crippen molar-refractivity contribution in [2.24, 2.45) is 5.92 Å². The van der Waals surface area contributed by atoms with Crippen molar-refractivity contribution in [2.45, 2.75) is 19.4 Å². The van der Waals surface area contributed by atoms with Gasteiger partial charge in [-0.3, -0.25) is 4.79 Å². The summed E-state index contributed by atoms with van der Waals surface area (Å²) in [5, 5.41) is 3.21. The molecule has 21 heavy (non-hydrogen) atoms. The molecule has 1 fully saturated rings. The Labute approximate surface area is 133 Å². The molecular formula is C16H25ClN2O2. The third-order valence-electron chi connectivity index (χ3n) is 3.78. The van der Waals surface area contributed by atoms with Crippen molar-refractivity contribution in [2.75, 3.05) is 33.8 Å². The lowest BCUT2D eigenvalue weighted by Crippen LogP contribution is -2.42. The number of halogens is 1. The number of carbonyl (C=O) groups excluding carboxylic acids is 1. The van der Waals surface area contributed by atoms with Gasteiger partial charge in [-0.2, -0.15) is 0 Å². The van der Waals surface area contributed by atoms with Gasteiger partial charge in [-0.1, -0.05) is 12.1 Å². The van der Waals surface area contributed by atoms with E-state index in [0.29, 0.717) is 12.5 Å². The second kappa shape index (κ2) is 9.03. The molecule has 1 aromatic carbocycles. The van der Waals surface area contributed by atoms with E-state index < -0.39 is 0 Å². The van der Waals surface area contributed by atoms with Gasteiger partial charge in [0.1, 0.15) is 0 Å².